The molecule has 9 nitrogen and oxygen atoms in total. The number of ether oxygens (including phenoxy) is 2. The van der Waals surface area contributed by atoms with Crippen LogP contribution in [0.15, 0.2) is 55.8 Å². The van der Waals surface area contributed by atoms with E-state index in [0.717, 1.165) is 108 Å². The third-order valence-corrected chi connectivity index (χ3v) is 15.1. The molecule has 1 N–H and O–H groups in total. The molecule has 3 fully saturated rings. The van der Waals surface area contributed by atoms with E-state index >= 15 is 0 Å². The number of nitrogens with zero attached hydrogens (tertiary/aromatic N) is 4. The van der Waals surface area contributed by atoms with Gasteiger partial charge in [-0.1, -0.05) is 32.2 Å². The molecule has 334 valence electrons. The monoisotopic (exact) mass is 855 g/mol. The Hall–Kier alpha value is -4.84. The van der Waals surface area contributed by atoms with Crippen LogP contribution in [0.4, 0.5) is 30.2 Å². The summed E-state index contributed by atoms with van der Waals surface area (Å²) in [5, 5.41) is 3.22. The zero-order valence-electron chi connectivity index (χ0n) is 36.5. The summed E-state index contributed by atoms with van der Waals surface area (Å²) in [5.74, 6) is 0.815. The molecule has 1 aliphatic carbocycles. The molecule has 0 saturated carbocycles. The highest BCUT2D eigenvalue weighted by atomic mass is 19.4. The van der Waals surface area contributed by atoms with Gasteiger partial charge in [0.1, 0.15) is 23.7 Å². The van der Waals surface area contributed by atoms with Gasteiger partial charge in [0.25, 0.3) is 0 Å². The summed E-state index contributed by atoms with van der Waals surface area (Å²) in [6.07, 6.45) is 4.28. The summed E-state index contributed by atoms with van der Waals surface area (Å²) in [6, 6.07) is 12.2. The van der Waals surface area contributed by atoms with Crippen LogP contribution < -0.4 is 19.9 Å². The molecule has 7 atom stereocenters. The summed E-state index contributed by atoms with van der Waals surface area (Å²) in [4.78, 5) is 36.2. The van der Waals surface area contributed by atoms with E-state index in [-0.39, 0.29) is 32.0 Å². The summed E-state index contributed by atoms with van der Waals surface area (Å²) in [5.41, 5.74) is 9.44. The Morgan fingerprint density at radius 2 is 1.94 bits per heavy atom. The van der Waals surface area contributed by atoms with Crippen molar-refractivity contribution in [3.05, 3.63) is 89.3 Å². The molecule has 0 amide bonds. The first-order valence-corrected chi connectivity index (χ1v) is 22.5. The molecule has 1 spiro atoms. The van der Waals surface area contributed by atoms with Crippen LogP contribution in [0.3, 0.4) is 0 Å². The van der Waals surface area contributed by atoms with Crippen LogP contribution in [0.25, 0.3) is 11.8 Å². The third kappa shape index (κ3) is 7.89. The number of anilines is 3. The number of carbonyl (C=O) groups excluding carboxylic acids is 2. The molecule has 0 radical (unpaired) electrons. The number of Topliss-reactive ketones (excluding diaryl/α,β-unsaturated/α-hetero) is 2. The van der Waals surface area contributed by atoms with Crippen LogP contribution in [-0.2, 0) is 27.3 Å². The first kappa shape index (κ1) is 42.5. The topological polar surface area (TPSA) is 87.2 Å². The zero-order valence-corrected chi connectivity index (χ0v) is 36.5. The Labute approximate surface area is 366 Å². The van der Waals surface area contributed by atoms with Crippen molar-refractivity contribution in [1.82, 2.24) is 9.88 Å². The van der Waals surface area contributed by atoms with Gasteiger partial charge >= 0.3 is 6.18 Å². The normalized spacial score (nSPS) is 26.5. The lowest BCUT2D eigenvalue weighted by Crippen LogP contribution is -2.61. The van der Waals surface area contributed by atoms with E-state index in [9.17, 15) is 22.8 Å². The molecule has 3 aromatic rings. The molecule has 0 bridgehead atoms. The molecule has 6 aliphatic rings. The van der Waals surface area contributed by atoms with Gasteiger partial charge < -0.3 is 34.3 Å². The average molecular weight is 856 g/mol. The van der Waals surface area contributed by atoms with Gasteiger partial charge in [0.2, 0.25) is 0 Å². The van der Waals surface area contributed by atoms with Gasteiger partial charge in [-0.3, -0.25) is 9.78 Å². The van der Waals surface area contributed by atoms with Crippen LogP contribution in [-0.4, -0.2) is 85.2 Å². The fraction of sp³-hybridized carbons (Fsp3) is 0.540. The van der Waals surface area contributed by atoms with Crippen molar-refractivity contribution in [1.29, 1.82) is 0 Å². The lowest BCUT2D eigenvalue weighted by Gasteiger charge is -2.48. The van der Waals surface area contributed by atoms with Crippen molar-refractivity contribution in [2.45, 2.75) is 108 Å². The molecule has 4 unspecified atom stereocenters. The molecule has 62 heavy (non-hydrogen) atoms. The number of benzene rings is 2. The van der Waals surface area contributed by atoms with Crippen LogP contribution in [0.1, 0.15) is 108 Å². The maximum atomic E-state index is 14.0. The standard InChI is InChI=1S/C50H60F3N5O4.2H2/c1-7-38-41-16-29(2)42(22-50(51,52)53)48(39(41)10-12-43(38)54-6)44-11-9-36(23-55-44)56-27-49(28-56)21-34(25-62-49)17-33-14-15-57-37(18-33)26-61-47-20-40-31(4)58(24-35(40)19-46(47)57)45(32(5)60)13-8-30(3)59;;/h7,9-12,19-20,23,29,33-34,37,42,45,48,54H,1,4,8,13-18,21-22,24-28H2,2-3,5-6H3;2*1H/t29-,33?,34?,37+,42?,45?,48-;;/m1../s1. The number of hydrogen-bond donors (Lipinski definition) is 1. The largest absolute Gasteiger partial charge is 0.489 e. The molecular weight excluding hydrogens is 792 g/mol. The zero-order chi connectivity index (χ0) is 43.7. The Morgan fingerprint density at radius 1 is 1.13 bits per heavy atom. The first-order valence-electron chi connectivity index (χ1n) is 22.5. The number of carbonyl (C=O) groups is 2. The van der Waals surface area contributed by atoms with Gasteiger partial charge in [-0.15, -0.1) is 0 Å². The Balaban J connectivity index is 0.00000306. The molecule has 1 aromatic heterocycles. The average Bonchev–Trinajstić information content (AvgIpc) is 3.79. The molecule has 3 saturated heterocycles. The van der Waals surface area contributed by atoms with E-state index in [1.807, 2.05) is 50.5 Å². The number of aromatic nitrogens is 1. The third-order valence-electron chi connectivity index (χ3n) is 15.1. The lowest BCUT2D eigenvalue weighted by atomic mass is 9.66. The molecule has 6 heterocycles. The number of ketones is 2. The number of pyridine rings is 1. The first-order chi connectivity index (χ1) is 29.6. The van der Waals surface area contributed by atoms with Crippen LogP contribution in [0.5, 0.6) is 5.75 Å². The van der Waals surface area contributed by atoms with E-state index < -0.39 is 24.4 Å². The van der Waals surface area contributed by atoms with E-state index in [4.69, 9.17) is 14.5 Å². The van der Waals surface area contributed by atoms with Crippen LogP contribution in [0.2, 0.25) is 0 Å². The Morgan fingerprint density at radius 3 is 2.63 bits per heavy atom. The van der Waals surface area contributed by atoms with Crippen molar-refractivity contribution in [2.24, 2.45) is 23.7 Å². The number of halogens is 3. The fourth-order valence-corrected chi connectivity index (χ4v) is 12.0. The van der Waals surface area contributed by atoms with Gasteiger partial charge in [-0.2, -0.15) is 13.2 Å². The molecule has 5 aliphatic heterocycles. The molecular formula is C50H64F3N5O4. The second kappa shape index (κ2) is 16.4. The van der Waals surface area contributed by atoms with Crippen molar-refractivity contribution < 1.29 is 35.1 Å². The predicted octanol–water partition coefficient (Wildman–Crippen LogP) is 9.93. The highest BCUT2D eigenvalue weighted by Gasteiger charge is 2.51. The maximum Gasteiger partial charge on any atom is 0.389 e. The number of piperidine rings is 1. The summed E-state index contributed by atoms with van der Waals surface area (Å²) in [7, 11) is 1.85. The van der Waals surface area contributed by atoms with Gasteiger partial charge in [0.05, 0.1) is 36.3 Å². The summed E-state index contributed by atoms with van der Waals surface area (Å²) < 4.78 is 55.0. The Bertz CT molecular complexity index is 2270. The van der Waals surface area contributed by atoms with Crippen molar-refractivity contribution in [2.75, 3.05) is 55.0 Å². The summed E-state index contributed by atoms with van der Waals surface area (Å²) in [6.45, 7) is 18.0. The number of hydrogen-bond acceptors (Lipinski definition) is 9. The van der Waals surface area contributed by atoms with Crippen molar-refractivity contribution in [3.63, 3.8) is 0 Å². The second-order valence-electron chi connectivity index (χ2n) is 19.3. The van der Waals surface area contributed by atoms with Gasteiger partial charge in [0.15, 0.2) is 5.78 Å². The van der Waals surface area contributed by atoms with E-state index in [1.54, 1.807) is 13.8 Å². The minimum absolute atomic E-state index is 0. The van der Waals surface area contributed by atoms with Crippen molar-refractivity contribution in [3.8, 4) is 5.75 Å². The minimum Gasteiger partial charge on any atom is -0.489 e. The number of fused-ring (bicyclic) bond motifs is 5. The van der Waals surface area contributed by atoms with E-state index in [2.05, 4.69) is 45.3 Å². The van der Waals surface area contributed by atoms with E-state index in [1.165, 1.54) is 0 Å². The fourth-order valence-electron chi connectivity index (χ4n) is 12.0. The predicted molar refractivity (Wildman–Crippen MR) is 242 cm³/mol. The van der Waals surface area contributed by atoms with Crippen LogP contribution >= 0.6 is 0 Å². The Kier molecular flexibility index (Phi) is 11.2. The molecule has 2 aromatic carbocycles. The number of alkyl halides is 3. The maximum absolute atomic E-state index is 14.0. The molecule has 12 heteroatoms. The van der Waals surface area contributed by atoms with Crippen molar-refractivity contribution >= 4 is 40.4 Å². The van der Waals surface area contributed by atoms with Gasteiger partial charge in [0, 0.05) is 83.0 Å². The second-order valence-corrected chi connectivity index (χ2v) is 19.3. The number of rotatable bonds is 12. The van der Waals surface area contributed by atoms with Gasteiger partial charge in [-0.25, -0.2) is 0 Å². The SMILES string of the molecule is C=Cc1c(NC)ccc2c1C[C@@H](C)C(CC(F)(F)F)[C@@H]2c1ccc(N2CC3(CC(CC4CCN5c6cc7c(cc6OC[C@@H]5C4)C(=C)N(C(CCC(C)=O)C(C)=O)C7)CO3)C2)cn1.[HH].[HH]. The lowest BCUT2D eigenvalue weighted by molar-refractivity contribution is -0.149. The highest BCUT2D eigenvalue weighted by Crippen LogP contribution is 2.51. The number of nitrogens with one attached hydrogen (secondary N) is 1. The summed E-state index contributed by atoms with van der Waals surface area (Å²) >= 11 is 0. The molecule has 9 rings (SSSR count). The van der Waals surface area contributed by atoms with Gasteiger partial charge in [-0.05, 0) is 123 Å². The minimum atomic E-state index is -4.27. The highest BCUT2D eigenvalue weighted by molar-refractivity contribution is 5.86. The van der Waals surface area contributed by atoms with Crippen LogP contribution in [0, 0.1) is 23.7 Å². The quantitative estimate of drug-likeness (QED) is 0.191. The van der Waals surface area contributed by atoms with E-state index in [0.29, 0.717) is 56.0 Å². The smallest absolute Gasteiger partial charge is 0.389 e.